The summed E-state index contributed by atoms with van der Waals surface area (Å²) >= 11 is 0. The fraction of sp³-hybridized carbons (Fsp3) is 0.500. The summed E-state index contributed by atoms with van der Waals surface area (Å²) in [7, 11) is -1.61. The maximum Gasteiger partial charge on any atom is 0.239 e. The SMILES string of the molecule is COc1ccccc1NC(=O)C(C)(C)C(=O)NC1CCS(=O)(=O)C1. The second-order valence-corrected chi connectivity index (χ2v) is 8.58. The first-order valence-corrected chi connectivity index (χ1v) is 9.44. The van der Waals surface area contributed by atoms with E-state index in [1.54, 1.807) is 24.3 Å². The van der Waals surface area contributed by atoms with E-state index >= 15 is 0 Å². The fourth-order valence-corrected chi connectivity index (χ4v) is 4.08. The van der Waals surface area contributed by atoms with Crippen molar-refractivity contribution in [1.82, 2.24) is 5.32 Å². The summed E-state index contributed by atoms with van der Waals surface area (Å²) in [5, 5.41) is 5.34. The van der Waals surface area contributed by atoms with Gasteiger partial charge in [0.05, 0.1) is 24.3 Å². The molecule has 2 N–H and O–H groups in total. The summed E-state index contributed by atoms with van der Waals surface area (Å²) in [4.78, 5) is 24.9. The number of carbonyl (C=O) groups is 2. The Morgan fingerprint density at radius 2 is 1.88 bits per heavy atom. The Balaban J connectivity index is 2.05. The summed E-state index contributed by atoms with van der Waals surface area (Å²) in [6.45, 7) is 2.99. The molecular weight excluding hydrogens is 332 g/mol. The lowest BCUT2D eigenvalue weighted by molar-refractivity contribution is -0.138. The highest BCUT2D eigenvalue weighted by molar-refractivity contribution is 7.91. The van der Waals surface area contributed by atoms with Gasteiger partial charge in [-0.25, -0.2) is 8.42 Å². The molecule has 0 aromatic heterocycles. The van der Waals surface area contributed by atoms with E-state index in [0.717, 1.165) is 0 Å². The van der Waals surface area contributed by atoms with E-state index in [2.05, 4.69) is 10.6 Å². The number of rotatable bonds is 5. The minimum atomic E-state index is -3.10. The summed E-state index contributed by atoms with van der Waals surface area (Å²) in [6, 6.07) is 6.45. The number of hydrogen-bond acceptors (Lipinski definition) is 5. The van der Waals surface area contributed by atoms with Crippen molar-refractivity contribution in [3.05, 3.63) is 24.3 Å². The van der Waals surface area contributed by atoms with Gasteiger partial charge in [-0.2, -0.15) is 0 Å². The van der Waals surface area contributed by atoms with Gasteiger partial charge in [-0.15, -0.1) is 0 Å². The van der Waals surface area contributed by atoms with Crippen LogP contribution < -0.4 is 15.4 Å². The van der Waals surface area contributed by atoms with Crippen LogP contribution >= 0.6 is 0 Å². The van der Waals surface area contributed by atoms with Crippen LogP contribution in [0.25, 0.3) is 0 Å². The van der Waals surface area contributed by atoms with Crippen LogP contribution in [0.2, 0.25) is 0 Å². The Morgan fingerprint density at radius 1 is 1.21 bits per heavy atom. The topological polar surface area (TPSA) is 102 Å². The van der Waals surface area contributed by atoms with Gasteiger partial charge in [0, 0.05) is 6.04 Å². The molecule has 0 radical (unpaired) electrons. The van der Waals surface area contributed by atoms with Crippen molar-refractivity contribution >= 4 is 27.3 Å². The molecule has 8 heteroatoms. The molecule has 1 atom stereocenters. The standard InChI is InChI=1S/C16H22N2O5S/c1-16(2,14(19)17-11-8-9-24(21,22)10-11)15(20)18-12-6-4-5-7-13(12)23-3/h4-7,11H,8-10H2,1-3H3,(H,17,19)(H,18,20). The maximum atomic E-state index is 12.5. The Hall–Kier alpha value is -2.09. The van der Waals surface area contributed by atoms with Crippen molar-refractivity contribution in [2.24, 2.45) is 5.41 Å². The zero-order valence-corrected chi connectivity index (χ0v) is 14.8. The number of methoxy groups -OCH3 is 1. The second-order valence-electron chi connectivity index (χ2n) is 6.35. The molecule has 1 heterocycles. The van der Waals surface area contributed by atoms with Crippen LogP contribution in [0.1, 0.15) is 20.3 Å². The van der Waals surface area contributed by atoms with Crippen LogP contribution in [-0.2, 0) is 19.4 Å². The number of carbonyl (C=O) groups excluding carboxylic acids is 2. The van der Waals surface area contributed by atoms with Crippen LogP contribution in [0.3, 0.4) is 0 Å². The molecule has 1 saturated heterocycles. The highest BCUT2D eigenvalue weighted by Crippen LogP contribution is 2.26. The third-order valence-electron chi connectivity index (χ3n) is 4.06. The van der Waals surface area contributed by atoms with Crippen molar-refractivity contribution in [1.29, 1.82) is 0 Å². The van der Waals surface area contributed by atoms with E-state index in [9.17, 15) is 18.0 Å². The van der Waals surface area contributed by atoms with Crippen LogP contribution in [-0.4, -0.2) is 44.9 Å². The number of para-hydroxylation sites is 2. The number of ether oxygens (including phenoxy) is 1. The average molecular weight is 354 g/mol. The summed E-state index contributed by atoms with van der Waals surface area (Å²) < 4.78 is 28.1. The molecule has 2 amide bonds. The molecule has 7 nitrogen and oxygen atoms in total. The first-order valence-electron chi connectivity index (χ1n) is 7.61. The molecule has 1 aliphatic heterocycles. The third kappa shape index (κ3) is 4.05. The summed E-state index contributed by atoms with van der Waals surface area (Å²) in [5.74, 6) is -0.527. The number of sulfone groups is 1. The van der Waals surface area contributed by atoms with Crippen molar-refractivity contribution in [2.45, 2.75) is 26.3 Å². The van der Waals surface area contributed by atoms with Crippen molar-refractivity contribution in [3.8, 4) is 5.75 Å². The van der Waals surface area contributed by atoms with Crippen LogP contribution in [0.5, 0.6) is 5.75 Å². The minimum absolute atomic E-state index is 0.0613. The van der Waals surface area contributed by atoms with E-state index in [4.69, 9.17) is 4.74 Å². The molecule has 0 saturated carbocycles. The van der Waals surface area contributed by atoms with Gasteiger partial charge < -0.3 is 15.4 Å². The van der Waals surface area contributed by atoms with Gasteiger partial charge in [0.25, 0.3) is 0 Å². The van der Waals surface area contributed by atoms with E-state index < -0.39 is 33.1 Å². The van der Waals surface area contributed by atoms with Crippen LogP contribution in [0.15, 0.2) is 24.3 Å². The molecule has 0 bridgehead atoms. The quantitative estimate of drug-likeness (QED) is 0.767. The monoisotopic (exact) mass is 354 g/mol. The fourth-order valence-electron chi connectivity index (χ4n) is 2.40. The minimum Gasteiger partial charge on any atom is -0.495 e. The third-order valence-corrected chi connectivity index (χ3v) is 5.83. The largest absolute Gasteiger partial charge is 0.495 e. The van der Waals surface area contributed by atoms with Gasteiger partial charge in [0.15, 0.2) is 9.84 Å². The molecule has 1 aromatic carbocycles. The lowest BCUT2D eigenvalue weighted by Crippen LogP contribution is -2.48. The van der Waals surface area contributed by atoms with Gasteiger partial charge in [-0.3, -0.25) is 9.59 Å². The maximum absolute atomic E-state index is 12.5. The zero-order chi connectivity index (χ0) is 18.0. The van der Waals surface area contributed by atoms with Crippen LogP contribution in [0.4, 0.5) is 5.69 Å². The predicted molar refractivity (Wildman–Crippen MR) is 90.6 cm³/mol. The van der Waals surface area contributed by atoms with Crippen molar-refractivity contribution < 1.29 is 22.7 Å². The van der Waals surface area contributed by atoms with Crippen LogP contribution in [0, 0.1) is 5.41 Å². The van der Waals surface area contributed by atoms with E-state index in [-0.39, 0.29) is 11.5 Å². The number of anilines is 1. The first-order chi connectivity index (χ1) is 11.2. The Bertz CT molecular complexity index is 743. The van der Waals surface area contributed by atoms with Gasteiger partial charge >= 0.3 is 0 Å². The smallest absolute Gasteiger partial charge is 0.239 e. The normalized spacial score (nSPS) is 19.5. The number of amides is 2. The zero-order valence-electron chi connectivity index (χ0n) is 14.0. The van der Waals surface area contributed by atoms with Gasteiger partial charge in [0.1, 0.15) is 11.2 Å². The lowest BCUT2D eigenvalue weighted by atomic mass is 9.90. The molecule has 1 aliphatic rings. The Kier molecular flexibility index (Phi) is 5.17. The van der Waals surface area contributed by atoms with Gasteiger partial charge in [0.2, 0.25) is 11.8 Å². The highest BCUT2D eigenvalue weighted by atomic mass is 32.2. The molecule has 1 unspecified atom stereocenters. The molecule has 132 valence electrons. The highest BCUT2D eigenvalue weighted by Gasteiger charge is 2.39. The Morgan fingerprint density at radius 3 is 2.46 bits per heavy atom. The Labute approximate surface area is 141 Å². The molecule has 0 aliphatic carbocycles. The molecule has 2 rings (SSSR count). The number of hydrogen-bond donors (Lipinski definition) is 2. The molecule has 24 heavy (non-hydrogen) atoms. The molecule has 0 spiro atoms. The lowest BCUT2D eigenvalue weighted by Gasteiger charge is -2.25. The molecule has 1 aromatic rings. The van der Waals surface area contributed by atoms with Gasteiger partial charge in [-0.05, 0) is 32.4 Å². The summed E-state index contributed by atoms with van der Waals surface area (Å²) in [5.41, 5.74) is -0.887. The number of benzene rings is 1. The van der Waals surface area contributed by atoms with E-state index in [1.807, 2.05) is 0 Å². The van der Waals surface area contributed by atoms with Crippen molar-refractivity contribution in [2.75, 3.05) is 23.9 Å². The predicted octanol–water partition coefficient (Wildman–Crippen LogP) is 0.963. The van der Waals surface area contributed by atoms with Gasteiger partial charge in [-0.1, -0.05) is 12.1 Å². The van der Waals surface area contributed by atoms with E-state index in [1.165, 1.54) is 21.0 Å². The van der Waals surface area contributed by atoms with Crippen molar-refractivity contribution in [3.63, 3.8) is 0 Å². The first kappa shape index (κ1) is 18.3. The molecule has 1 fully saturated rings. The average Bonchev–Trinajstić information content (AvgIpc) is 2.86. The second kappa shape index (κ2) is 6.80. The number of nitrogens with one attached hydrogen (secondary N) is 2. The summed E-state index contributed by atoms with van der Waals surface area (Å²) in [6.07, 6.45) is 0.373. The van der Waals surface area contributed by atoms with E-state index in [0.29, 0.717) is 17.9 Å². The molecular formula is C16H22N2O5S.